The number of amides is 3. The highest BCUT2D eigenvalue weighted by Crippen LogP contribution is 2.49. The third kappa shape index (κ3) is 14.5. The third-order valence-corrected chi connectivity index (χ3v) is 11.5. The van der Waals surface area contributed by atoms with Gasteiger partial charge in [-0.05, 0) is 12.8 Å². The van der Waals surface area contributed by atoms with E-state index in [2.05, 4.69) is 10.3 Å². The van der Waals surface area contributed by atoms with E-state index in [0.717, 1.165) is 19.3 Å². The zero-order valence-corrected chi connectivity index (χ0v) is 35.9. The van der Waals surface area contributed by atoms with E-state index in [4.69, 9.17) is 33.0 Å². The molecule has 2 fully saturated rings. The van der Waals surface area contributed by atoms with E-state index in [0.29, 0.717) is 24.5 Å². The predicted molar refractivity (Wildman–Crippen MR) is 217 cm³/mol. The lowest BCUT2D eigenvalue weighted by Crippen LogP contribution is -2.57. The van der Waals surface area contributed by atoms with Gasteiger partial charge in [-0.3, -0.25) is 23.7 Å². The van der Waals surface area contributed by atoms with Gasteiger partial charge in [-0.15, -0.1) is 0 Å². The van der Waals surface area contributed by atoms with Crippen LogP contribution in [0.3, 0.4) is 0 Å². The molecular weight excluding hydrogens is 787 g/mol. The highest BCUT2D eigenvalue weighted by molar-refractivity contribution is 7.54. The second-order valence-electron chi connectivity index (χ2n) is 14.8. The largest absolute Gasteiger partial charge is 0.463 e. The molecule has 0 saturated carbocycles. The molecule has 2 atom stereocenters. The molecule has 2 aliphatic rings. The normalized spacial score (nSPS) is 16.3. The number of methoxy groups -OCH3 is 1. The fourth-order valence-corrected chi connectivity index (χ4v) is 7.72. The number of ether oxygens (including phenoxy) is 4. The Kier molecular flexibility index (Phi) is 18.5. The first-order valence-corrected chi connectivity index (χ1v) is 21.9. The van der Waals surface area contributed by atoms with E-state index < -0.39 is 61.5 Å². The average molecular weight is 847 g/mol. The van der Waals surface area contributed by atoms with Gasteiger partial charge in [0.05, 0.1) is 43.9 Å². The first kappa shape index (κ1) is 47.0. The Hall–Kier alpha value is -4.64. The number of nitrogens with one attached hydrogen (secondary N) is 1. The van der Waals surface area contributed by atoms with Crippen molar-refractivity contribution in [2.75, 3.05) is 90.5 Å². The summed E-state index contributed by atoms with van der Waals surface area (Å²) in [4.78, 5) is 79.9. The van der Waals surface area contributed by atoms with E-state index >= 15 is 0 Å². The summed E-state index contributed by atoms with van der Waals surface area (Å²) in [6, 6.07) is 9.17. The molecule has 0 spiro atoms. The van der Waals surface area contributed by atoms with E-state index in [-0.39, 0.29) is 76.8 Å². The Balaban J connectivity index is 1.63. The number of anilines is 1. The maximum absolute atomic E-state index is 14.5. The molecule has 2 aromatic rings. The summed E-state index contributed by atoms with van der Waals surface area (Å²) in [5.41, 5.74) is 0.609. The van der Waals surface area contributed by atoms with Crippen LogP contribution in [0.1, 0.15) is 64.4 Å². The lowest BCUT2D eigenvalue weighted by Gasteiger charge is -2.36. The van der Waals surface area contributed by atoms with Crippen LogP contribution in [-0.4, -0.2) is 147 Å². The van der Waals surface area contributed by atoms with Crippen molar-refractivity contribution < 1.29 is 56.5 Å². The number of rotatable bonds is 21. The van der Waals surface area contributed by atoms with Gasteiger partial charge in [0, 0.05) is 58.0 Å². The SMILES string of the molecule is CCCCOC(=O)N1CCN(C(=O)C(CP(=O)(OCCOC(=O)C(C)C)OCCOC(=O)C(C)C)NC(=O)c2cc(N3CC[C@H](OC)C3)nc(-c3ccccc3)n2)CC1. The average Bonchev–Trinajstić information content (AvgIpc) is 3.73. The van der Waals surface area contributed by atoms with Crippen LogP contribution in [0.4, 0.5) is 10.6 Å². The van der Waals surface area contributed by atoms with E-state index in [1.165, 1.54) is 15.9 Å². The fraction of sp³-hybridized carbons (Fsp3) is 0.625. The lowest BCUT2D eigenvalue weighted by molar-refractivity contribution is -0.148. The molecule has 2 saturated heterocycles. The van der Waals surface area contributed by atoms with Crippen molar-refractivity contribution in [3.63, 3.8) is 0 Å². The molecule has 4 rings (SSSR count). The number of hydrogen-bond acceptors (Lipinski definition) is 15. The summed E-state index contributed by atoms with van der Waals surface area (Å²) in [7, 11) is -2.68. The van der Waals surface area contributed by atoms with Crippen LogP contribution < -0.4 is 10.2 Å². The van der Waals surface area contributed by atoms with Crippen LogP contribution in [0.15, 0.2) is 36.4 Å². The quantitative estimate of drug-likeness (QED) is 0.0810. The van der Waals surface area contributed by atoms with Gasteiger partial charge in [0.2, 0.25) is 5.91 Å². The number of carbonyl (C=O) groups excluding carboxylic acids is 5. The highest BCUT2D eigenvalue weighted by atomic mass is 31.2. The molecule has 1 unspecified atom stereocenters. The minimum atomic E-state index is -4.32. The summed E-state index contributed by atoms with van der Waals surface area (Å²) in [5, 5.41) is 2.75. The molecule has 326 valence electrons. The highest BCUT2D eigenvalue weighted by Gasteiger charge is 2.38. The van der Waals surface area contributed by atoms with Gasteiger partial charge < -0.3 is 48.0 Å². The first-order valence-electron chi connectivity index (χ1n) is 20.2. The minimum Gasteiger partial charge on any atom is -0.463 e. The standard InChI is InChI=1S/C40H59N6O12P/c1-7-8-20-56-40(51)45-18-16-44(17-19-45)37(48)33(27-59(52,57-23-21-54-38(49)28(2)3)58-24-22-55-39(50)29(4)5)42-36(47)32-25-34(46-15-14-31(26-46)53-6)43-35(41-32)30-12-10-9-11-13-30/h9-13,25,28-29,31,33H,7-8,14-24,26-27H2,1-6H3,(H,42,47)/t31-,33?/m0/s1. The van der Waals surface area contributed by atoms with Crippen LogP contribution in [0, 0.1) is 11.8 Å². The number of piperazine rings is 1. The molecule has 1 aromatic heterocycles. The number of hydrogen-bond donors (Lipinski definition) is 1. The second kappa shape index (κ2) is 23.2. The van der Waals surface area contributed by atoms with Crippen molar-refractivity contribution in [3.8, 4) is 11.4 Å². The van der Waals surface area contributed by atoms with Gasteiger partial charge in [-0.1, -0.05) is 71.4 Å². The first-order chi connectivity index (χ1) is 28.2. The summed E-state index contributed by atoms with van der Waals surface area (Å²) < 4.78 is 47.3. The molecule has 19 heteroatoms. The monoisotopic (exact) mass is 846 g/mol. The molecule has 0 aliphatic carbocycles. The smallest absolute Gasteiger partial charge is 0.409 e. The summed E-state index contributed by atoms with van der Waals surface area (Å²) in [6.45, 7) is 9.37. The minimum absolute atomic E-state index is 0.0278. The Labute approximate surface area is 346 Å². The van der Waals surface area contributed by atoms with Gasteiger partial charge in [0.25, 0.3) is 5.91 Å². The second-order valence-corrected chi connectivity index (χ2v) is 16.9. The molecule has 2 aliphatic heterocycles. The van der Waals surface area contributed by atoms with Crippen LogP contribution in [0.5, 0.6) is 0 Å². The third-order valence-electron chi connectivity index (χ3n) is 9.54. The maximum Gasteiger partial charge on any atom is 0.409 e. The van der Waals surface area contributed by atoms with Crippen LogP contribution in [-0.2, 0) is 46.9 Å². The predicted octanol–water partition coefficient (Wildman–Crippen LogP) is 4.17. The van der Waals surface area contributed by atoms with Gasteiger partial charge >= 0.3 is 25.6 Å². The van der Waals surface area contributed by atoms with Gasteiger partial charge in [-0.25, -0.2) is 14.8 Å². The Morgan fingerprint density at radius 2 is 1.42 bits per heavy atom. The van der Waals surface area contributed by atoms with Gasteiger partial charge in [0.15, 0.2) is 5.82 Å². The number of nitrogens with zero attached hydrogens (tertiary/aromatic N) is 5. The van der Waals surface area contributed by atoms with Crippen molar-refractivity contribution in [1.82, 2.24) is 25.1 Å². The zero-order valence-electron chi connectivity index (χ0n) is 35.0. The maximum atomic E-state index is 14.5. The van der Waals surface area contributed by atoms with Gasteiger partial charge in [-0.2, -0.15) is 0 Å². The Bertz CT molecular complexity index is 1730. The van der Waals surface area contributed by atoms with Gasteiger partial charge in [0.1, 0.15) is 30.8 Å². The Morgan fingerprint density at radius 3 is 1.98 bits per heavy atom. The molecule has 3 heterocycles. The number of carbonyl (C=O) groups is 5. The van der Waals surface area contributed by atoms with Crippen molar-refractivity contribution in [2.45, 2.75) is 66.0 Å². The molecule has 1 N–H and O–H groups in total. The summed E-state index contributed by atoms with van der Waals surface area (Å²) in [6.07, 6.45) is 1.19. The molecule has 18 nitrogen and oxygen atoms in total. The molecule has 1 aromatic carbocycles. The molecule has 3 amide bonds. The topological polar surface area (TPSA) is 205 Å². The number of benzene rings is 1. The van der Waals surface area contributed by atoms with Crippen LogP contribution in [0.25, 0.3) is 11.4 Å². The molecule has 59 heavy (non-hydrogen) atoms. The molecular formula is C40H59N6O12P. The van der Waals surface area contributed by atoms with E-state index in [1.54, 1.807) is 34.8 Å². The van der Waals surface area contributed by atoms with E-state index in [1.807, 2.05) is 42.2 Å². The van der Waals surface area contributed by atoms with Crippen molar-refractivity contribution in [1.29, 1.82) is 0 Å². The lowest BCUT2D eigenvalue weighted by atomic mass is 10.2. The van der Waals surface area contributed by atoms with Crippen molar-refractivity contribution >= 4 is 43.3 Å². The fourth-order valence-electron chi connectivity index (χ4n) is 6.04. The number of unbranched alkanes of at least 4 members (excludes halogenated alkanes) is 1. The van der Waals surface area contributed by atoms with Crippen molar-refractivity contribution in [3.05, 3.63) is 42.1 Å². The van der Waals surface area contributed by atoms with Crippen LogP contribution in [0.2, 0.25) is 0 Å². The van der Waals surface area contributed by atoms with E-state index in [9.17, 15) is 28.5 Å². The van der Waals surface area contributed by atoms with Crippen molar-refractivity contribution in [2.24, 2.45) is 11.8 Å². The number of esters is 2. The number of aromatic nitrogens is 2. The molecule has 0 radical (unpaired) electrons. The summed E-state index contributed by atoms with van der Waals surface area (Å²) in [5.74, 6) is -2.42. The Morgan fingerprint density at radius 1 is 0.814 bits per heavy atom. The summed E-state index contributed by atoms with van der Waals surface area (Å²) >= 11 is 0. The molecule has 0 bridgehead atoms. The van der Waals surface area contributed by atoms with Crippen LogP contribution >= 0.6 is 7.60 Å². The zero-order chi connectivity index (χ0) is 43.0.